The molecule has 4 N–H and O–H groups in total. The van der Waals surface area contributed by atoms with Crippen molar-refractivity contribution in [3.05, 3.63) is 23.8 Å². The summed E-state index contributed by atoms with van der Waals surface area (Å²) in [6.45, 7) is -0.146. The maximum absolute atomic E-state index is 10.9. The number of aliphatic hydroxyl groups excluding tert-OH is 1. The van der Waals surface area contributed by atoms with Gasteiger partial charge in [0.1, 0.15) is 18.7 Å². The van der Waals surface area contributed by atoms with Crippen LogP contribution in [0.3, 0.4) is 0 Å². The number of nitrogens with one attached hydrogen (secondary N) is 1. The van der Waals surface area contributed by atoms with Gasteiger partial charge in [-0.15, -0.1) is 0 Å². The highest BCUT2D eigenvalue weighted by Crippen LogP contribution is 2.36. The van der Waals surface area contributed by atoms with Crippen LogP contribution in [0.2, 0.25) is 5.28 Å². The molecular weight excluding hydrogens is 425 g/mol. The zero-order valence-electron chi connectivity index (χ0n) is 15.3. The van der Waals surface area contributed by atoms with Crippen LogP contribution < -0.4 is 5.32 Å². The van der Waals surface area contributed by atoms with Gasteiger partial charge >= 0.3 is 7.60 Å². The molecular formula is C16H21ClN5O6P. The Morgan fingerprint density at radius 1 is 1.34 bits per heavy atom. The number of ether oxygens (including phenoxy) is 2. The minimum absolute atomic E-state index is 0.0628. The molecule has 158 valence electrons. The van der Waals surface area contributed by atoms with Crippen LogP contribution in [0.1, 0.15) is 25.5 Å². The summed E-state index contributed by atoms with van der Waals surface area (Å²) in [6, 6.07) is 0.217. The van der Waals surface area contributed by atoms with Crippen molar-refractivity contribution in [3.63, 3.8) is 0 Å². The second-order valence-electron chi connectivity index (χ2n) is 7.05. The van der Waals surface area contributed by atoms with Gasteiger partial charge in [0.15, 0.2) is 17.0 Å². The Bertz CT molecular complexity index is 957. The first-order valence-corrected chi connectivity index (χ1v) is 11.2. The molecule has 0 unspecified atom stereocenters. The maximum Gasteiger partial charge on any atom is 0.350 e. The van der Waals surface area contributed by atoms with Crippen LogP contribution in [0.4, 0.5) is 5.82 Å². The quantitative estimate of drug-likeness (QED) is 0.279. The number of nitrogens with zero attached hydrogens (tertiary/aromatic N) is 4. The molecule has 1 aliphatic carbocycles. The lowest BCUT2D eigenvalue weighted by atomic mass is 10.2. The van der Waals surface area contributed by atoms with E-state index in [1.165, 1.54) is 0 Å². The fourth-order valence-electron chi connectivity index (χ4n) is 3.45. The first-order valence-electron chi connectivity index (χ1n) is 9.07. The van der Waals surface area contributed by atoms with Crippen molar-refractivity contribution in [2.24, 2.45) is 0 Å². The Morgan fingerprint density at radius 3 is 2.83 bits per heavy atom. The lowest BCUT2D eigenvalue weighted by Crippen LogP contribution is -2.26. The Morgan fingerprint density at radius 2 is 2.10 bits per heavy atom. The summed E-state index contributed by atoms with van der Waals surface area (Å²) in [7, 11) is -4.28. The summed E-state index contributed by atoms with van der Waals surface area (Å²) >= 11 is 6.11. The molecule has 0 amide bonds. The van der Waals surface area contributed by atoms with Gasteiger partial charge in [-0.05, 0) is 24.4 Å². The molecule has 0 saturated carbocycles. The molecule has 0 radical (unpaired) electrons. The molecule has 1 fully saturated rings. The number of imidazole rings is 1. The van der Waals surface area contributed by atoms with E-state index in [9.17, 15) is 9.67 Å². The Labute approximate surface area is 170 Å². The van der Waals surface area contributed by atoms with Crippen LogP contribution in [-0.4, -0.2) is 65.6 Å². The Kier molecular flexibility index (Phi) is 5.90. The number of halogens is 1. The predicted molar refractivity (Wildman–Crippen MR) is 104 cm³/mol. The molecule has 3 heterocycles. The van der Waals surface area contributed by atoms with Crippen molar-refractivity contribution >= 4 is 36.2 Å². The summed E-state index contributed by atoms with van der Waals surface area (Å²) in [4.78, 5) is 30.6. The predicted octanol–water partition coefficient (Wildman–Crippen LogP) is 1.41. The van der Waals surface area contributed by atoms with Crippen molar-refractivity contribution < 1.29 is 28.9 Å². The molecule has 13 heteroatoms. The monoisotopic (exact) mass is 445 g/mol. The van der Waals surface area contributed by atoms with E-state index in [1.807, 2.05) is 0 Å². The van der Waals surface area contributed by atoms with Gasteiger partial charge in [0.25, 0.3) is 0 Å². The molecule has 29 heavy (non-hydrogen) atoms. The van der Waals surface area contributed by atoms with Gasteiger partial charge in [-0.3, -0.25) is 9.13 Å². The lowest BCUT2D eigenvalue weighted by Gasteiger charge is -2.16. The van der Waals surface area contributed by atoms with Gasteiger partial charge in [0.2, 0.25) is 5.28 Å². The van der Waals surface area contributed by atoms with E-state index >= 15 is 0 Å². The highest BCUT2D eigenvalue weighted by molar-refractivity contribution is 7.51. The van der Waals surface area contributed by atoms with Crippen molar-refractivity contribution in [3.8, 4) is 0 Å². The van der Waals surface area contributed by atoms with Gasteiger partial charge < -0.3 is 29.7 Å². The third kappa shape index (κ3) is 4.77. The van der Waals surface area contributed by atoms with Gasteiger partial charge in [0.05, 0.1) is 19.0 Å². The fourth-order valence-corrected chi connectivity index (χ4v) is 3.96. The molecule has 3 atom stereocenters. The Hall–Kier alpha value is -1.59. The molecule has 2 aromatic rings. The fraction of sp³-hybridized carbons (Fsp3) is 0.562. The van der Waals surface area contributed by atoms with Crippen LogP contribution in [-0.2, 0) is 14.0 Å². The van der Waals surface area contributed by atoms with E-state index in [4.69, 9.17) is 30.9 Å². The number of aliphatic hydroxyl groups is 1. The average molecular weight is 446 g/mol. The van der Waals surface area contributed by atoms with E-state index in [1.54, 1.807) is 10.9 Å². The van der Waals surface area contributed by atoms with Crippen molar-refractivity contribution in [1.29, 1.82) is 0 Å². The van der Waals surface area contributed by atoms with Crippen molar-refractivity contribution in [2.75, 3.05) is 18.3 Å². The molecule has 4 rings (SSSR count). The number of aromatic nitrogens is 4. The number of fused-ring (bicyclic) bond motifs is 1. The molecule has 0 bridgehead atoms. The number of anilines is 1. The standard InChI is InChI=1S/C16H21ClN5O6P/c17-16-20-14(19-9-3-1-2-4-9)13-15(21-16)22(7-18-13)12-5-10(23)11(28-12)6-27-8-29(24,25)26/h1-2,7,9-12,23H,3-6,8H2,(H,19,20,21)(H2,24,25,26)/t10-,11+,12+/m0/s1. The van der Waals surface area contributed by atoms with Gasteiger partial charge in [0, 0.05) is 12.5 Å². The van der Waals surface area contributed by atoms with Crippen LogP contribution in [0, 0.1) is 0 Å². The molecule has 11 nitrogen and oxygen atoms in total. The van der Waals surface area contributed by atoms with E-state index in [0.29, 0.717) is 17.0 Å². The molecule has 0 spiro atoms. The first kappa shape index (κ1) is 20.7. The summed E-state index contributed by atoms with van der Waals surface area (Å²) in [5.74, 6) is 0.535. The highest BCUT2D eigenvalue weighted by Gasteiger charge is 2.36. The first-order chi connectivity index (χ1) is 13.8. The molecule has 1 saturated heterocycles. The summed E-state index contributed by atoms with van der Waals surface area (Å²) in [5, 5.41) is 13.6. The minimum atomic E-state index is -4.28. The van der Waals surface area contributed by atoms with Crippen LogP contribution in [0.15, 0.2) is 18.5 Å². The van der Waals surface area contributed by atoms with Crippen LogP contribution in [0.5, 0.6) is 0 Å². The van der Waals surface area contributed by atoms with Gasteiger partial charge in [-0.1, -0.05) is 12.2 Å². The summed E-state index contributed by atoms with van der Waals surface area (Å²) < 4.78 is 23.3. The van der Waals surface area contributed by atoms with Crippen molar-refractivity contribution in [2.45, 2.75) is 43.7 Å². The third-order valence-corrected chi connectivity index (χ3v) is 5.49. The largest absolute Gasteiger partial charge is 0.390 e. The zero-order valence-corrected chi connectivity index (χ0v) is 16.9. The number of rotatable bonds is 7. The number of hydrogen-bond acceptors (Lipinski definition) is 8. The van der Waals surface area contributed by atoms with Crippen molar-refractivity contribution in [1.82, 2.24) is 19.5 Å². The minimum Gasteiger partial charge on any atom is -0.390 e. The highest BCUT2D eigenvalue weighted by atomic mass is 35.5. The maximum atomic E-state index is 10.9. The normalized spacial score (nSPS) is 25.3. The van der Waals surface area contributed by atoms with E-state index < -0.39 is 32.4 Å². The molecule has 0 aromatic carbocycles. The second kappa shape index (κ2) is 8.27. The summed E-state index contributed by atoms with van der Waals surface area (Å²) in [6.07, 6.45) is 4.85. The average Bonchev–Trinajstić information content (AvgIpc) is 3.34. The molecule has 1 aliphatic heterocycles. The smallest absolute Gasteiger partial charge is 0.350 e. The van der Waals surface area contributed by atoms with E-state index in [2.05, 4.69) is 32.4 Å². The van der Waals surface area contributed by atoms with Gasteiger partial charge in [-0.2, -0.15) is 9.97 Å². The molecule has 2 aliphatic rings. The zero-order chi connectivity index (χ0) is 20.6. The van der Waals surface area contributed by atoms with Gasteiger partial charge in [-0.25, -0.2) is 4.98 Å². The lowest BCUT2D eigenvalue weighted by molar-refractivity contribution is -0.0564. The Balaban J connectivity index is 1.50. The summed E-state index contributed by atoms with van der Waals surface area (Å²) in [5.41, 5.74) is 1.01. The van der Waals surface area contributed by atoms with Crippen LogP contribution in [0.25, 0.3) is 11.2 Å². The third-order valence-electron chi connectivity index (χ3n) is 4.80. The number of hydrogen-bond donors (Lipinski definition) is 4. The topological polar surface area (TPSA) is 152 Å². The van der Waals surface area contributed by atoms with E-state index in [-0.39, 0.29) is 24.4 Å². The SMILES string of the molecule is O=P(O)(O)COC[C@H]1O[C@@H](n2cnc3c(NC4CC=CC4)nc(Cl)nc32)C[C@@H]1O. The molecule has 2 aromatic heterocycles. The van der Waals surface area contributed by atoms with E-state index in [0.717, 1.165) is 12.8 Å². The van der Waals surface area contributed by atoms with Crippen LogP contribution >= 0.6 is 19.2 Å². The second-order valence-corrected chi connectivity index (χ2v) is 8.97.